The molecule has 3 heteroatoms. The average Bonchev–Trinajstić information content (AvgIpc) is 2.38. The molecule has 1 heterocycles. The van der Waals surface area contributed by atoms with Gasteiger partial charge in [0.15, 0.2) is 0 Å². The van der Waals surface area contributed by atoms with E-state index in [2.05, 4.69) is 75.5 Å². The van der Waals surface area contributed by atoms with E-state index < -0.39 is 0 Å². The van der Waals surface area contributed by atoms with Crippen LogP contribution in [-0.2, 0) is 0 Å². The topological polar surface area (TPSA) is 15.3 Å². The second-order valence-corrected chi connectivity index (χ2v) is 5.44. The fourth-order valence-corrected chi connectivity index (χ4v) is 2.93. The Hall–Kier alpha value is -1.48. The summed E-state index contributed by atoms with van der Waals surface area (Å²) in [5.41, 5.74) is 5.05. The second-order valence-electron chi connectivity index (χ2n) is 4.53. The van der Waals surface area contributed by atoms with Crippen LogP contribution in [0.25, 0.3) is 0 Å². The molecule has 2 aromatic carbocycles. The zero-order chi connectivity index (χ0) is 12.5. The predicted molar refractivity (Wildman–Crippen MR) is 80.8 cm³/mol. The summed E-state index contributed by atoms with van der Waals surface area (Å²) in [5.74, 6) is 0. The zero-order valence-corrected chi connectivity index (χ0v) is 11.9. The van der Waals surface area contributed by atoms with Gasteiger partial charge in [-0.25, -0.2) is 0 Å². The Labute approximate surface area is 116 Å². The van der Waals surface area contributed by atoms with Gasteiger partial charge >= 0.3 is 0 Å². The zero-order valence-electron chi connectivity index (χ0n) is 10.3. The molecule has 0 spiro atoms. The molecule has 92 valence electrons. The van der Waals surface area contributed by atoms with Crippen LogP contribution in [0.3, 0.4) is 0 Å². The molecule has 0 unspecified atom stereocenters. The molecule has 0 radical (unpaired) electrons. The largest absolute Gasteiger partial charge is 0.382 e. The predicted octanol–water partition coefficient (Wildman–Crippen LogP) is 4.32. The van der Waals surface area contributed by atoms with Gasteiger partial charge < -0.3 is 10.2 Å². The Morgan fingerprint density at radius 2 is 1.94 bits per heavy atom. The van der Waals surface area contributed by atoms with Gasteiger partial charge in [-0.15, -0.1) is 0 Å². The highest BCUT2D eigenvalue weighted by Gasteiger charge is 2.18. The number of halogens is 1. The molecule has 0 aromatic heterocycles. The van der Waals surface area contributed by atoms with Gasteiger partial charge in [0.25, 0.3) is 0 Å². The third kappa shape index (κ3) is 1.99. The van der Waals surface area contributed by atoms with Crippen LogP contribution in [0.15, 0.2) is 46.9 Å². The SMILES string of the molecule is Cc1cc(Br)ccc1N1CCNc2ccccc21. The van der Waals surface area contributed by atoms with E-state index >= 15 is 0 Å². The number of nitrogens with one attached hydrogen (secondary N) is 1. The number of fused-ring (bicyclic) bond motifs is 1. The third-order valence-electron chi connectivity index (χ3n) is 3.30. The van der Waals surface area contributed by atoms with Crippen LogP contribution in [0.5, 0.6) is 0 Å². The second kappa shape index (κ2) is 4.65. The minimum absolute atomic E-state index is 0.979. The van der Waals surface area contributed by atoms with E-state index in [1.165, 1.54) is 22.6 Å². The summed E-state index contributed by atoms with van der Waals surface area (Å²) >= 11 is 3.52. The maximum atomic E-state index is 3.52. The molecule has 0 saturated heterocycles. The summed E-state index contributed by atoms with van der Waals surface area (Å²) in [6, 6.07) is 14.9. The number of hydrogen-bond acceptors (Lipinski definition) is 2. The Kier molecular flexibility index (Phi) is 3.00. The van der Waals surface area contributed by atoms with E-state index in [1.54, 1.807) is 0 Å². The summed E-state index contributed by atoms with van der Waals surface area (Å²) in [6.45, 7) is 4.14. The summed E-state index contributed by atoms with van der Waals surface area (Å²) in [5, 5.41) is 3.44. The minimum atomic E-state index is 0.979. The van der Waals surface area contributed by atoms with Gasteiger partial charge in [0.1, 0.15) is 0 Å². The highest BCUT2D eigenvalue weighted by molar-refractivity contribution is 9.10. The molecule has 0 atom stereocenters. The first-order chi connectivity index (χ1) is 8.75. The number of benzene rings is 2. The Morgan fingerprint density at radius 1 is 1.11 bits per heavy atom. The Morgan fingerprint density at radius 3 is 2.78 bits per heavy atom. The first-order valence-corrected chi connectivity index (χ1v) is 6.91. The minimum Gasteiger partial charge on any atom is -0.382 e. The lowest BCUT2D eigenvalue weighted by molar-refractivity contribution is 0.922. The fraction of sp³-hybridized carbons (Fsp3) is 0.200. The number of anilines is 3. The van der Waals surface area contributed by atoms with Crippen LogP contribution in [0, 0.1) is 6.92 Å². The van der Waals surface area contributed by atoms with Gasteiger partial charge in [0.2, 0.25) is 0 Å². The Bertz CT molecular complexity index is 580. The van der Waals surface area contributed by atoms with Crippen LogP contribution in [0.2, 0.25) is 0 Å². The fourth-order valence-electron chi connectivity index (χ4n) is 2.45. The van der Waals surface area contributed by atoms with Crippen molar-refractivity contribution in [3.63, 3.8) is 0 Å². The van der Waals surface area contributed by atoms with Gasteiger partial charge in [-0.3, -0.25) is 0 Å². The normalized spacial score (nSPS) is 14.0. The molecule has 1 N–H and O–H groups in total. The van der Waals surface area contributed by atoms with E-state index in [-0.39, 0.29) is 0 Å². The molecule has 0 bridgehead atoms. The van der Waals surface area contributed by atoms with E-state index in [4.69, 9.17) is 0 Å². The van der Waals surface area contributed by atoms with Crippen molar-refractivity contribution in [1.82, 2.24) is 0 Å². The summed E-state index contributed by atoms with van der Waals surface area (Å²) < 4.78 is 1.13. The van der Waals surface area contributed by atoms with E-state index in [0.717, 1.165) is 17.6 Å². The molecule has 3 rings (SSSR count). The molecule has 0 aliphatic carbocycles. The van der Waals surface area contributed by atoms with Crippen LogP contribution < -0.4 is 10.2 Å². The quantitative estimate of drug-likeness (QED) is 0.844. The first-order valence-electron chi connectivity index (χ1n) is 6.12. The highest BCUT2D eigenvalue weighted by atomic mass is 79.9. The number of rotatable bonds is 1. The lowest BCUT2D eigenvalue weighted by Gasteiger charge is -2.33. The number of aryl methyl sites for hydroxylation is 1. The van der Waals surface area contributed by atoms with Gasteiger partial charge in [0.05, 0.1) is 11.4 Å². The standard InChI is InChI=1S/C15H15BrN2/c1-11-10-12(16)6-7-14(11)18-9-8-17-13-4-2-3-5-15(13)18/h2-7,10,17H,8-9H2,1H3. The van der Waals surface area contributed by atoms with Gasteiger partial charge in [-0.1, -0.05) is 28.1 Å². The number of hydrogen-bond donors (Lipinski definition) is 1. The lowest BCUT2D eigenvalue weighted by Crippen LogP contribution is -2.30. The van der Waals surface area contributed by atoms with Crippen LogP contribution in [0.1, 0.15) is 5.56 Å². The van der Waals surface area contributed by atoms with Crippen molar-refractivity contribution in [2.45, 2.75) is 6.92 Å². The lowest BCUT2D eigenvalue weighted by atomic mass is 10.1. The molecule has 18 heavy (non-hydrogen) atoms. The van der Waals surface area contributed by atoms with Crippen molar-refractivity contribution in [3.05, 3.63) is 52.5 Å². The van der Waals surface area contributed by atoms with Crippen LogP contribution in [-0.4, -0.2) is 13.1 Å². The molecule has 1 aliphatic heterocycles. The van der Waals surface area contributed by atoms with E-state index in [9.17, 15) is 0 Å². The maximum Gasteiger partial charge on any atom is 0.0647 e. The van der Waals surface area contributed by atoms with E-state index in [1.807, 2.05) is 0 Å². The van der Waals surface area contributed by atoms with E-state index in [0.29, 0.717) is 0 Å². The average molecular weight is 303 g/mol. The molecule has 0 amide bonds. The summed E-state index contributed by atoms with van der Waals surface area (Å²) in [6.07, 6.45) is 0. The van der Waals surface area contributed by atoms with Crippen LogP contribution >= 0.6 is 15.9 Å². The first kappa shape index (κ1) is 11.6. The van der Waals surface area contributed by atoms with Crippen LogP contribution in [0.4, 0.5) is 17.1 Å². The number of para-hydroxylation sites is 2. The molecule has 2 aromatic rings. The van der Waals surface area contributed by atoms with Crippen molar-refractivity contribution < 1.29 is 0 Å². The van der Waals surface area contributed by atoms with Crippen molar-refractivity contribution >= 4 is 33.0 Å². The monoisotopic (exact) mass is 302 g/mol. The molecular weight excluding hydrogens is 288 g/mol. The number of nitrogens with zero attached hydrogens (tertiary/aromatic N) is 1. The third-order valence-corrected chi connectivity index (χ3v) is 3.79. The summed E-state index contributed by atoms with van der Waals surface area (Å²) in [4.78, 5) is 2.38. The molecular formula is C15H15BrN2. The molecule has 1 aliphatic rings. The van der Waals surface area contributed by atoms with Gasteiger partial charge in [-0.05, 0) is 42.8 Å². The van der Waals surface area contributed by atoms with Gasteiger partial charge in [-0.2, -0.15) is 0 Å². The maximum absolute atomic E-state index is 3.52. The smallest absolute Gasteiger partial charge is 0.0647 e. The van der Waals surface area contributed by atoms with Crippen molar-refractivity contribution in [1.29, 1.82) is 0 Å². The highest BCUT2D eigenvalue weighted by Crippen LogP contribution is 2.36. The summed E-state index contributed by atoms with van der Waals surface area (Å²) in [7, 11) is 0. The van der Waals surface area contributed by atoms with Gasteiger partial charge in [0, 0.05) is 23.2 Å². The van der Waals surface area contributed by atoms with Crippen molar-refractivity contribution in [3.8, 4) is 0 Å². The van der Waals surface area contributed by atoms with Crippen molar-refractivity contribution in [2.75, 3.05) is 23.3 Å². The van der Waals surface area contributed by atoms with Crippen molar-refractivity contribution in [2.24, 2.45) is 0 Å². The molecule has 0 fully saturated rings. The molecule has 0 saturated carbocycles. The Balaban J connectivity index is 2.08. The molecule has 2 nitrogen and oxygen atoms in total.